The van der Waals surface area contributed by atoms with Gasteiger partial charge in [0.2, 0.25) is 0 Å². The average molecular weight is 258 g/mol. The molecular weight excluding hydrogens is 241 g/mol. The van der Waals surface area contributed by atoms with Crippen LogP contribution >= 0.6 is 11.6 Å². The van der Waals surface area contributed by atoms with Crippen molar-refractivity contribution in [1.82, 2.24) is 5.32 Å². The van der Waals surface area contributed by atoms with Crippen molar-refractivity contribution < 1.29 is 9.13 Å². The van der Waals surface area contributed by atoms with Crippen LogP contribution in [0, 0.1) is 11.7 Å². The number of hydrogen-bond acceptors (Lipinski definition) is 2. The second-order valence-electron chi connectivity index (χ2n) is 4.29. The van der Waals surface area contributed by atoms with E-state index in [0.29, 0.717) is 18.1 Å². The molecule has 1 aromatic carbocycles. The third-order valence-corrected chi connectivity index (χ3v) is 3.45. The van der Waals surface area contributed by atoms with Crippen molar-refractivity contribution in [2.45, 2.75) is 19.4 Å². The predicted molar refractivity (Wildman–Crippen MR) is 66.8 cm³/mol. The summed E-state index contributed by atoms with van der Waals surface area (Å²) in [5.74, 6) is -0.0227. The topological polar surface area (TPSA) is 21.3 Å². The van der Waals surface area contributed by atoms with Crippen LogP contribution in [0.15, 0.2) is 18.2 Å². The molecule has 2 nitrogen and oxygen atoms in total. The lowest BCUT2D eigenvalue weighted by Gasteiger charge is -2.20. The van der Waals surface area contributed by atoms with Gasteiger partial charge in [0, 0.05) is 24.6 Å². The lowest BCUT2D eigenvalue weighted by atomic mass is 9.95. The Bertz CT molecular complexity index is 386. The first-order valence-corrected chi connectivity index (χ1v) is 6.38. The van der Waals surface area contributed by atoms with E-state index in [4.69, 9.17) is 16.3 Å². The first kappa shape index (κ1) is 12.8. The van der Waals surface area contributed by atoms with Crippen LogP contribution < -0.4 is 5.32 Å². The molecule has 1 heterocycles. The molecule has 4 heteroatoms. The lowest BCUT2D eigenvalue weighted by molar-refractivity contribution is 0.0876. The SMILES string of the molecule is CCNCC1CCOC1c1cccc(Cl)c1F. The van der Waals surface area contributed by atoms with Crippen molar-refractivity contribution in [3.05, 3.63) is 34.6 Å². The molecule has 0 radical (unpaired) electrons. The first-order chi connectivity index (χ1) is 8.24. The maximum absolute atomic E-state index is 13.9. The van der Waals surface area contributed by atoms with Gasteiger partial charge in [-0.25, -0.2) is 4.39 Å². The summed E-state index contributed by atoms with van der Waals surface area (Å²) in [6.07, 6.45) is 0.789. The zero-order chi connectivity index (χ0) is 12.3. The maximum Gasteiger partial charge on any atom is 0.147 e. The second-order valence-corrected chi connectivity index (χ2v) is 4.70. The van der Waals surface area contributed by atoms with Gasteiger partial charge in [0.1, 0.15) is 5.82 Å². The summed E-state index contributed by atoms with van der Waals surface area (Å²) in [7, 11) is 0. The van der Waals surface area contributed by atoms with Gasteiger partial charge in [-0.1, -0.05) is 30.7 Å². The molecule has 0 aromatic heterocycles. The molecule has 1 aliphatic heterocycles. The van der Waals surface area contributed by atoms with Gasteiger partial charge in [-0.2, -0.15) is 0 Å². The number of benzene rings is 1. The third-order valence-electron chi connectivity index (χ3n) is 3.16. The van der Waals surface area contributed by atoms with Crippen LogP contribution in [0.25, 0.3) is 0 Å². The van der Waals surface area contributed by atoms with Crippen LogP contribution in [0.5, 0.6) is 0 Å². The molecule has 1 N–H and O–H groups in total. The van der Waals surface area contributed by atoms with Crippen molar-refractivity contribution in [2.24, 2.45) is 5.92 Å². The normalized spacial score (nSPS) is 24.2. The molecular formula is C13H17ClFNO. The average Bonchev–Trinajstić information content (AvgIpc) is 2.78. The summed E-state index contributed by atoms with van der Waals surface area (Å²) in [6, 6.07) is 5.09. The number of hydrogen-bond donors (Lipinski definition) is 1. The van der Waals surface area contributed by atoms with Gasteiger partial charge in [0.15, 0.2) is 0 Å². The third kappa shape index (κ3) is 2.79. The largest absolute Gasteiger partial charge is 0.373 e. The summed E-state index contributed by atoms with van der Waals surface area (Å²) in [5, 5.41) is 3.46. The Labute approximate surface area is 106 Å². The molecule has 94 valence electrons. The van der Waals surface area contributed by atoms with Crippen molar-refractivity contribution in [1.29, 1.82) is 0 Å². The molecule has 2 unspecified atom stereocenters. The van der Waals surface area contributed by atoms with Crippen LogP contribution in [0.4, 0.5) is 4.39 Å². The van der Waals surface area contributed by atoms with Crippen molar-refractivity contribution >= 4 is 11.6 Å². The van der Waals surface area contributed by atoms with Crippen LogP contribution in [-0.4, -0.2) is 19.7 Å². The quantitative estimate of drug-likeness (QED) is 0.895. The molecule has 1 aromatic rings. The number of ether oxygens (including phenoxy) is 1. The molecule has 1 aliphatic rings. The van der Waals surface area contributed by atoms with Gasteiger partial charge in [-0.3, -0.25) is 0 Å². The number of rotatable bonds is 4. The first-order valence-electron chi connectivity index (χ1n) is 6.00. The smallest absolute Gasteiger partial charge is 0.147 e. The Hall–Kier alpha value is -0.640. The van der Waals surface area contributed by atoms with E-state index in [1.54, 1.807) is 18.2 Å². The highest BCUT2D eigenvalue weighted by molar-refractivity contribution is 6.30. The molecule has 2 atom stereocenters. The molecule has 0 aliphatic carbocycles. The monoisotopic (exact) mass is 257 g/mol. The van der Waals surface area contributed by atoms with Gasteiger partial charge in [0.25, 0.3) is 0 Å². The standard InChI is InChI=1S/C13H17ClFNO/c1-2-16-8-9-6-7-17-13(9)10-4-3-5-11(14)12(10)15/h3-5,9,13,16H,2,6-8H2,1H3. The van der Waals surface area contributed by atoms with E-state index >= 15 is 0 Å². The second kappa shape index (κ2) is 5.80. The van der Waals surface area contributed by atoms with Crippen molar-refractivity contribution in [3.8, 4) is 0 Å². The molecule has 1 fully saturated rings. The fourth-order valence-electron chi connectivity index (χ4n) is 2.26. The van der Waals surface area contributed by atoms with Crippen LogP contribution in [-0.2, 0) is 4.74 Å². The van der Waals surface area contributed by atoms with Gasteiger partial charge >= 0.3 is 0 Å². The fraction of sp³-hybridized carbons (Fsp3) is 0.538. The van der Waals surface area contributed by atoms with E-state index in [1.165, 1.54) is 0 Å². The Morgan fingerprint density at radius 2 is 2.35 bits per heavy atom. The Morgan fingerprint density at radius 1 is 1.53 bits per heavy atom. The number of nitrogens with one attached hydrogen (secondary N) is 1. The van der Waals surface area contributed by atoms with Crippen molar-refractivity contribution in [3.63, 3.8) is 0 Å². The van der Waals surface area contributed by atoms with Crippen LogP contribution in [0.2, 0.25) is 5.02 Å². The highest BCUT2D eigenvalue weighted by Gasteiger charge is 2.31. The van der Waals surface area contributed by atoms with E-state index in [9.17, 15) is 4.39 Å². The van der Waals surface area contributed by atoms with Gasteiger partial charge in [-0.15, -0.1) is 0 Å². The summed E-state index contributed by atoms with van der Waals surface area (Å²) < 4.78 is 19.6. The molecule has 0 amide bonds. The Balaban J connectivity index is 2.17. The van der Waals surface area contributed by atoms with Gasteiger partial charge < -0.3 is 10.1 Å². The van der Waals surface area contributed by atoms with Gasteiger partial charge in [-0.05, 0) is 19.0 Å². The summed E-state index contributed by atoms with van der Waals surface area (Å²) in [6.45, 7) is 4.52. The molecule has 2 rings (SSSR count). The minimum absolute atomic E-state index is 0.167. The maximum atomic E-state index is 13.9. The summed E-state index contributed by atoms with van der Waals surface area (Å²) >= 11 is 5.80. The van der Waals surface area contributed by atoms with E-state index in [2.05, 4.69) is 12.2 Å². The molecule has 0 saturated carbocycles. The fourth-order valence-corrected chi connectivity index (χ4v) is 2.44. The van der Waals surface area contributed by atoms with Crippen LogP contribution in [0.1, 0.15) is 25.0 Å². The molecule has 0 spiro atoms. The van der Waals surface area contributed by atoms with E-state index in [-0.39, 0.29) is 16.9 Å². The highest BCUT2D eigenvalue weighted by atomic mass is 35.5. The van der Waals surface area contributed by atoms with E-state index in [0.717, 1.165) is 19.5 Å². The predicted octanol–water partition coefficient (Wildman–Crippen LogP) is 3.17. The molecule has 1 saturated heterocycles. The van der Waals surface area contributed by atoms with E-state index in [1.807, 2.05) is 0 Å². The number of halogens is 2. The minimum Gasteiger partial charge on any atom is -0.373 e. The summed E-state index contributed by atoms with van der Waals surface area (Å²) in [4.78, 5) is 0. The summed E-state index contributed by atoms with van der Waals surface area (Å²) in [5.41, 5.74) is 0.581. The van der Waals surface area contributed by atoms with E-state index < -0.39 is 0 Å². The highest BCUT2D eigenvalue weighted by Crippen LogP contribution is 2.36. The zero-order valence-corrected chi connectivity index (χ0v) is 10.6. The molecule has 0 bridgehead atoms. The lowest BCUT2D eigenvalue weighted by Crippen LogP contribution is -2.25. The van der Waals surface area contributed by atoms with Gasteiger partial charge in [0.05, 0.1) is 11.1 Å². The van der Waals surface area contributed by atoms with Crippen LogP contribution in [0.3, 0.4) is 0 Å². The Morgan fingerprint density at radius 3 is 3.12 bits per heavy atom. The van der Waals surface area contributed by atoms with Crippen molar-refractivity contribution in [2.75, 3.05) is 19.7 Å². The zero-order valence-electron chi connectivity index (χ0n) is 9.88. The Kier molecular flexibility index (Phi) is 4.37. The molecule has 17 heavy (non-hydrogen) atoms. The minimum atomic E-state index is -0.345.